The summed E-state index contributed by atoms with van der Waals surface area (Å²) >= 11 is 1.83. The molecular weight excluding hydrogens is 236 g/mol. The van der Waals surface area contributed by atoms with Gasteiger partial charge in [-0.15, -0.1) is 0 Å². The van der Waals surface area contributed by atoms with Crippen molar-refractivity contribution in [2.75, 3.05) is 5.75 Å². The second kappa shape index (κ2) is 7.40. The third kappa shape index (κ3) is 4.44. The van der Waals surface area contributed by atoms with Gasteiger partial charge in [-0.3, -0.25) is 10.2 Å². The van der Waals surface area contributed by atoms with Gasteiger partial charge in [0.2, 0.25) is 0 Å². The first-order valence-corrected chi connectivity index (χ1v) is 7.02. The van der Waals surface area contributed by atoms with Crippen molar-refractivity contribution in [3.63, 3.8) is 0 Å². The third-order valence-electron chi connectivity index (χ3n) is 2.44. The van der Waals surface area contributed by atoms with E-state index in [-0.39, 0.29) is 5.91 Å². The molecule has 4 nitrogen and oxygen atoms in total. The predicted molar refractivity (Wildman–Crippen MR) is 70.8 cm³/mol. The Morgan fingerprint density at radius 3 is 2.94 bits per heavy atom. The van der Waals surface area contributed by atoms with Crippen LogP contribution >= 0.6 is 11.8 Å². The lowest BCUT2D eigenvalue weighted by Crippen LogP contribution is -2.30. The molecule has 0 saturated heterocycles. The highest BCUT2D eigenvalue weighted by Gasteiger charge is 2.14. The van der Waals surface area contributed by atoms with Crippen molar-refractivity contribution in [1.82, 2.24) is 5.43 Å². The van der Waals surface area contributed by atoms with Crippen LogP contribution in [0.25, 0.3) is 0 Å². The molecule has 0 bridgehead atoms. The van der Waals surface area contributed by atoms with Crippen LogP contribution in [0.4, 0.5) is 0 Å². The Hall–Kier alpha value is -0.940. The molecule has 0 aliphatic heterocycles. The van der Waals surface area contributed by atoms with Crippen LogP contribution in [0.15, 0.2) is 10.5 Å². The first kappa shape index (κ1) is 14.1. The van der Waals surface area contributed by atoms with Gasteiger partial charge >= 0.3 is 5.91 Å². The minimum absolute atomic E-state index is 0.316. The topological polar surface area (TPSA) is 68.3 Å². The molecule has 0 saturated carbocycles. The van der Waals surface area contributed by atoms with E-state index in [0.717, 1.165) is 22.8 Å². The molecule has 17 heavy (non-hydrogen) atoms. The third-order valence-corrected chi connectivity index (χ3v) is 3.51. The molecule has 0 unspecified atom stereocenters. The fourth-order valence-electron chi connectivity index (χ4n) is 1.54. The second-order valence-corrected chi connectivity index (χ2v) is 5.06. The van der Waals surface area contributed by atoms with Gasteiger partial charge in [-0.25, -0.2) is 5.84 Å². The van der Waals surface area contributed by atoms with Crippen molar-refractivity contribution in [2.45, 2.75) is 38.9 Å². The first-order valence-electron chi connectivity index (χ1n) is 5.87. The fourth-order valence-corrected chi connectivity index (χ4v) is 2.43. The van der Waals surface area contributed by atoms with Crippen molar-refractivity contribution in [2.24, 2.45) is 5.84 Å². The van der Waals surface area contributed by atoms with E-state index in [1.807, 2.05) is 24.8 Å². The minimum atomic E-state index is -0.371. The summed E-state index contributed by atoms with van der Waals surface area (Å²) in [5.74, 6) is 7.79. The zero-order chi connectivity index (χ0) is 12.7. The quantitative estimate of drug-likeness (QED) is 0.340. The van der Waals surface area contributed by atoms with Gasteiger partial charge in [0.05, 0.1) is 5.75 Å². The van der Waals surface area contributed by atoms with Crippen molar-refractivity contribution < 1.29 is 9.21 Å². The number of nitrogens with two attached hydrogens (primary N) is 1. The number of nitrogen functional groups attached to an aromatic ring is 1. The maximum atomic E-state index is 11.3. The normalized spacial score (nSPS) is 10.5. The number of rotatable bonds is 7. The molecule has 0 radical (unpaired) electrons. The average molecular weight is 256 g/mol. The van der Waals surface area contributed by atoms with Crippen LogP contribution in [-0.2, 0) is 5.75 Å². The van der Waals surface area contributed by atoms with E-state index in [1.165, 1.54) is 19.3 Å². The largest absolute Gasteiger partial charge is 0.455 e. The van der Waals surface area contributed by atoms with Crippen LogP contribution in [-0.4, -0.2) is 11.7 Å². The number of carbonyl (C=O) groups excluding carboxylic acids is 1. The molecule has 1 amide bonds. The smallest absolute Gasteiger partial charge is 0.301 e. The molecule has 1 aromatic heterocycles. The maximum Gasteiger partial charge on any atom is 0.301 e. The molecule has 5 heteroatoms. The van der Waals surface area contributed by atoms with Crippen LogP contribution in [0.3, 0.4) is 0 Å². The SMILES string of the molecule is CCCCCSCc1cc(C)c(C(=O)NN)o1. The Kier molecular flexibility index (Phi) is 6.15. The Morgan fingerprint density at radius 2 is 2.29 bits per heavy atom. The van der Waals surface area contributed by atoms with Crippen molar-refractivity contribution in [3.05, 3.63) is 23.2 Å². The zero-order valence-corrected chi connectivity index (χ0v) is 11.2. The lowest BCUT2D eigenvalue weighted by molar-refractivity contribution is 0.0923. The summed E-state index contributed by atoms with van der Waals surface area (Å²) in [4.78, 5) is 11.3. The summed E-state index contributed by atoms with van der Waals surface area (Å²) in [6.45, 7) is 4.04. The number of hydrazine groups is 1. The molecule has 1 aromatic rings. The Bertz CT molecular complexity index is 363. The van der Waals surface area contributed by atoms with E-state index >= 15 is 0 Å². The number of aryl methyl sites for hydroxylation is 1. The molecule has 0 fully saturated rings. The van der Waals surface area contributed by atoms with Crippen LogP contribution in [0.5, 0.6) is 0 Å². The molecule has 0 aromatic carbocycles. The summed E-state index contributed by atoms with van der Waals surface area (Å²) in [5.41, 5.74) is 2.91. The first-order chi connectivity index (χ1) is 8.19. The van der Waals surface area contributed by atoms with E-state index in [2.05, 4.69) is 12.3 Å². The summed E-state index contributed by atoms with van der Waals surface area (Å²) < 4.78 is 5.46. The standard InChI is InChI=1S/C12H20N2O2S/c1-3-4-5-6-17-8-10-7-9(2)11(16-10)12(15)14-13/h7H,3-6,8,13H2,1-2H3,(H,14,15). The maximum absolute atomic E-state index is 11.3. The number of hydrogen-bond donors (Lipinski definition) is 2. The number of amides is 1. The molecule has 1 rings (SSSR count). The van der Waals surface area contributed by atoms with Gasteiger partial charge in [-0.05, 0) is 25.2 Å². The summed E-state index contributed by atoms with van der Waals surface area (Å²) in [7, 11) is 0. The lowest BCUT2D eigenvalue weighted by atomic mass is 10.2. The monoisotopic (exact) mass is 256 g/mol. The highest BCUT2D eigenvalue weighted by atomic mass is 32.2. The molecule has 0 atom stereocenters. The Morgan fingerprint density at radius 1 is 1.53 bits per heavy atom. The molecule has 3 N–H and O–H groups in total. The van der Waals surface area contributed by atoms with E-state index < -0.39 is 0 Å². The molecule has 0 aliphatic rings. The number of carbonyl (C=O) groups is 1. The molecule has 0 spiro atoms. The van der Waals surface area contributed by atoms with Gasteiger partial charge in [0.15, 0.2) is 5.76 Å². The highest BCUT2D eigenvalue weighted by Crippen LogP contribution is 2.20. The van der Waals surface area contributed by atoms with Crippen LogP contribution in [0.2, 0.25) is 0 Å². The van der Waals surface area contributed by atoms with Gasteiger partial charge in [-0.1, -0.05) is 19.8 Å². The van der Waals surface area contributed by atoms with Gasteiger partial charge < -0.3 is 4.42 Å². The van der Waals surface area contributed by atoms with Crippen molar-refractivity contribution >= 4 is 17.7 Å². The Labute approximate surface area is 106 Å². The van der Waals surface area contributed by atoms with E-state index in [1.54, 1.807) is 0 Å². The van der Waals surface area contributed by atoms with Crippen molar-refractivity contribution in [3.8, 4) is 0 Å². The van der Waals surface area contributed by atoms with Gasteiger partial charge in [-0.2, -0.15) is 11.8 Å². The number of nitrogens with one attached hydrogen (secondary N) is 1. The van der Waals surface area contributed by atoms with Crippen LogP contribution < -0.4 is 11.3 Å². The summed E-state index contributed by atoms with van der Waals surface area (Å²) in [5, 5.41) is 0. The number of furan rings is 1. The number of thioether (sulfide) groups is 1. The summed E-state index contributed by atoms with van der Waals surface area (Å²) in [6.07, 6.45) is 3.74. The predicted octanol–water partition coefficient (Wildman–Crippen LogP) is 2.61. The molecule has 96 valence electrons. The van der Waals surface area contributed by atoms with Gasteiger partial charge in [0.1, 0.15) is 5.76 Å². The molecule has 1 heterocycles. The minimum Gasteiger partial charge on any atom is -0.455 e. The fraction of sp³-hybridized carbons (Fsp3) is 0.583. The Balaban J connectivity index is 2.42. The average Bonchev–Trinajstić information content (AvgIpc) is 2.69. The van der Waals surface area contributed by atoms with Gasteiger partial charge in [0.25, 0.3) is 0 Å². The van der Waals surface area contributed by atoms with Crippen molar-refractivity contribution in [1.29, 1.82) is 0 Å². The summed E-state index contributed by atoms with van der Waals surface area (Å²) in [6, 6.07) is 1.90. The number of unbranched alkanes of at least 4 members (excludes halogenated alkanes) is 2. The van der Waals surface area contributed by atoms with E-state index in [4.69, 9.17) is 10.3 Å². The highest BCUT2D eigenvalue weighted by molar-refractivity contribution is 7.98. The molecule has 0 aliphatic carbocycles. The lowest BCUT2D eigenvalue weighted by Gasteiger charge is -1.98. The van der Waals surface area contributed by atoms with E-state index in [9.17, 15) is 4.79 Å². The van der Waals surface area contributed by atoms with Gasteiger partial charge in [0, 0.05) is 5.56 Å². The molecular formula is C12H20N2O2S. The van der Waals surface area contributed by atoms with Crippen LogP contribution in [0, 0.1) is 6.92 Å². The zero-order valence-electron chi connectivity index (χ0n) is 10.4. The van der Waals surface area contributed by atoms with E-state index in [0.29, 0.717) is 5.76 Å². The second-order valence-electron chi connectivity index (χ2n) is 3.96. The number of hydrogen-bond acceptors (Lipinski definition) is 4. The van der Waals surface area contributed by atoms with Crippen LogP contribution in [0.1, 0.15) is 48.1 Å².